The first-order valence-corrected chi connectivity index (χ1v) is 4.32. The molecule has 0 atom stereocenters. The summed E-state index contributed by atoms with van der Waals surface area (Å²) in [6, 6.07) is 3.14. The Morgan fingerprint density at radius 1 is 1.60 bits per heavy atom. The van der Waals surface area contributed by atoms with Crippen molar-refractivity contribution in [3.8, 4) is 18.1 Å². The van der Waals surface area contributed by atoms with Crippen molar-refractivity contribution in [3.63, 3.8) is 0 Å². The lowest BCUT2D eigenvalue weighted by atomic mass is 10.1. The molecule has 0 bridgehead atoms. The van der Waals surface area contributed by atoms with Crippen LogP contribution in [0, 0.1) is 19.3 Å². The van der Waals surface area contributed by atoms with E-state index in [0.717, 1.165) is 5.56 Å². The van der Waals surface area contributed by atoms with Gasteiger partial charge in [0.25, 0.3) is 5.91 Å². The number of carbonyl (C=O) groups excluding carboxylic acids is 1. The summed E-state index contributed by atoms with van der Waals surface area (Å²) in [5.41, 5.74) is 12.4. The standard InChI is InChI=1S/C11H12N2O2/c1-3-4-15-10-5-7(2)9(12)6-8(10)11(13)14/h1,5-6H,4,12H2,2H3,(H2,13,14). The van der Waals surface area contributed by atoms with E-state index in [9.17, 15) is 4.79 Å². The number of terminal acetylenes is 1. The molecule has 0 aliphatic carbocycles. The quantitative estimate of drug-likeness (QED) is 0.561. The van der Waals surface area contributed by atoms with Gasteiger partial charge < -0.3 is 16.2 Å². The number of carbonyl (C=O) groups is 1. The van der Waals surface area contributed by atoms with Crippen molar-refractivity contribution in [3.05, 3.63) is 23.3 Å². The molecule has 1 amide bonds. The van der Waals surface area contributed by atoms with Crippen LogP contribution in [-0.4, -0.2) is 12.5 Å². The van der Waals surface area contributed by atoms with Crippen molar-refractivity contribution in [2.24, 2.45) is 5.73 Å². The molecule has 78 valence electrons. The number of nitrogen functional groups attached to an aromatic ring is 1. The monoisotopic (exact) mass is 204 g/mol. The van der Waals surface area contributed by atoms with Gasteiger partial charge in [0.15, 0.2) is 0 Å². The molecule has 0 aliphatic heterocycles. The Hall–Kier alpha value is -2.15. The number of ether oxygens (including phenoxy) is 1. The fourth-order valence-electron chi connectivity index (χ4n) is 1.13. The zero-order valence-electron chi connectivity index (χ0n) is 8.41. The van der Waals surface area contributed by atoms with Crippen LogP contribution in [0.1, 0.15) is 15.9 Å². The maximum atomic E-state index is 11.1. The topological polar surface area (TPSA) is 78.3 Å². The number of aryl methyl sites for hydroxylation is 1. The number of nitrogens with two attached hydrogens (primary N) is 2. The van der Waals surface area contributed by atoms with Gasteiger partial charge in [0.05, 0.1) is 5.56 Å². The van der Waals surface area contributed by atoms with Crippen molar-refractivity contribution in [2.45, 2.75) is 6.92 Å². The van der Waals surface area contributed by atoms with Crippen LogP contribution < -0.4 is 16.2 Å². The minimum Gasteiger partial charge on any atom is -0.480 e. The van der Waals surface area contributed by atoms with E-state index in [0.29, 0.717) is 11.4 Å². The summed E-state index contributed by atoms with van der Waals surface area (Å²) in [5, 5.41) is 0. The zero-order valence-corrected chi connectivity index (χ0v) is 8.41. The second-order valence-electron chi connectivity index (χ2n) is 3.06. The van der Waals surface area contributed by atoms with Crippen molar-refractivity contribution < 1.29 is 9.53 Å². The maximum absolute atomic E-state index is 11.1. The van der Waals surface area contributed by atoms with Crippen molar-refractivity contribution in [1.29, 1.82) is 0 Å². The molecule has 0 saturated carbocycles. The van der Waals surface area contributed by atoms with Gasteiger partial charge in [-0.25, -0.2) is 0 Å². The van der Waals surface area contributed by atoms with Crippen LogP contribution in [0.3, 0.4) is 0 Å². The van der Waals surface area contributed by atoms with Crippen LogP contribution in [0.5, 0.6) is 5.75 Å². The lowest BCUT2D eigenvalue weighted by Gasteiger charge is -2.10. The number of benzene rings is 1. The Morgan fingerprint density at radius 2 is 2.27 bits per heavy atom. The first-order valence-electron chi connectivity index (χ1n) is 4.32. The molecule has 4 heteroatoms. The van der Waals surface area contributed by atoms with Gasteiger partial charge in [-0.3, -0.25) is 4.79 Å². The molecule has 0 spiro atoms. The normalized spacial score (nSPS) is 9.33. The third-order valence-electron chi connectivity index (χ3n) is 1.94. The summed E-state index contributed by atoms with van der Waals surface area (Å²) in [6.45, 7) is 1.90. The van der Waals surface area contributed by atoms with E-state index >= 15 is 0 Å². The number of amides is 1. The molecule has 1 aromatic rings. The van der Waals surface area contributed by atoms with Crippen LogP contribution in [0.4, 0.5) is 5.69 Å². The fourth-order valence-corrected chi connectivity index (χ4v) is 1.13. The van der Waals surface area contributed by atoms with Gasteiger partial charge in [-0.1, -0.05) is 5.92 Å². The van der Waals surface area contributed by atoms with E-state index in [1.807, 2.05) is 6.92 Å². The lowest BCUT2D eigenvalue weighted by Crippen LogP contribution is -2.14. The molecule has 0 fully saturated rings. The van der Waals surface area contributed by atoms with Gasteiger partial charge >= 0.3 is 0 Å². The highest BCUT2D eigenvalue weighted by molar-refractivity contribution is 5.96. The van der Waals surface area contributed by atoms with E-state index < -0.39 is 5.91 Å². The SMILES string of the molecule is C#CCOc1cc(C)c(N)cc1C(N)=O. The highest BCUT2D eigenvalue weighted by Crippen LogP contribution is 2.24. The maximum Gasteiger partial charge on any atom is 0.252 e. The molecule has 0 saturated heterocycles. The molecule has 0 unspecified atom stereocenters. The molecule has 1 aromatic carbocycles. The molecular formula is C11H12N2O2. The van der Waals surface area contributed by atoms with Gasteiger partial charge in [-0.15, -0.1) is 6.42 Å². The number of hydrogen-bond donors (Lipinski definition) is 2. The summed E-state index contributed by atoms with van der Waals surface area (Å²) < 4.78 is 5.19. The van der Waals surface area contributed by atoms with Gasteiger partial charge in [0, 0.05) is 5.69 Å². The van der Waals surface area contributed by atoms with Crippen molar-refractivity contribution >= 4 is 11.6 Å². The Morgan fingerprint density at radius 3 is 2.80 bits per heavy atom. The molecule has 15 heavy (non-hydrogen) atoms. The largest absolute Gasteiger partial charge is 0.480 e. The molecule has 0 aliphatic rings. The van der Waals surface area contributed by atoms with E-state index in [-0.39, 0.29) is 12.2 Å². The van der Waals surface area contributed by atoms with E-state index in [1.54, 1.807) is 6.07 Å². The highest BCUT2D eigenvalue weighted by Gasteiger charge is 2.11. The van der Waals surface area contributed by atoms with Gasteiger partial charge in [0.2, 0.25) is 0 Å². The van der Waals surface area contributed by atoms with E-state index in [2.05, 4.69) is 5.92 Å². The van der Waals surface area contributed by atoms with E-state index in [1.165, 1.54) is 6.07 Å². The predicted octanol–water partition coefficient (Wildman–Crippen LogP) is 0.688. The summed E-state index contributed by atoms with van der Waals surface area (Å²) in [5.74, 6) is 2.09. The molecule has 0 radical (unpaired) electrons. The second kappa shape index (κ2) is 4.38. The summed E-state index contributed by atoms with van der Waals surface area (Å²) in [4.78, 5) is 11.1. The number of rotatable bonds is 3. The van der Waals surface area contributed by atoms with Crippen LogP contribution in [0.2, 0.25) is 0 Å². The smallest absolute Gasteiger partial charge is 0.252 e. The molecule has 1 rings (SSSR count). The minimum atomic E-state index is -0.589. The van der Waals surface area contributed by atoms with Gasteiger partial charge in [-0.05, 0) is 24.6 Å². The van der Waals surface area contributed by atoms with Crippen LogP contribution >= 0.6 is 0 Å². The van der Waals surface area contributed by atoms with Crippen molar-refractivity contribution in [1.82, 2.24) is 0 Å². The first kappa shape index (κ1) is 10.9. The Bertz CT molecular complexity index is 433. The van der Waals surface area contributed by atoms with E-state index in [4.69, 9.17) is 22.6 Å². The number of anilines is 1. The minimum absolute atomic E-state index is 0.0869. The fraction of sp³-hybridized carbons (Fsp3) is 0.182. The summed E-state index contributed by atoms with van der Waals surface area (Å²) in [7, 11) is 0. The average Bonchev–Trinajstić information content (AvgIpc) is 2.19. The molecule has 4 N–H and O–H groups in total. The zero-order chi connectivity index (χ0) is 11.4. The number of hydrogen-bond acceptors (Lipinski definition) is 3. The summed E-state index contributed by atoms with van der Waals surface area (Å²) in [6.07, 6.45) is 5.05. The Kier molecular flexibility index (Phi) is 3.19. The summed E-state index contributed by atoms with van der Waals surface area (Å²) >= 11 is 0. The lowest BCUT2D eigenvalue weighted by molar-refractivity contribution is 0.0997. The number of primary amides is 1. The molecule has 4 nitrogen and oxygen atoms in total. The average molecular weight is 204 g/mol. The Labute approximate surface area is 88.2 Å². The Balaban J connectivity index is 3.17. The first-order chi connectivity index (χ1) is 7.06. The van der Waals surface area contributed by atoms with Crippen LogP contribution in [-0.2, 0) is 0 Å². The van der Waals surface area contributed by atoms with Gasteiger partial charge in [-0.2, -0.15) is 0 Å². The van der Waals surface area contributed by atoms with Crippen molar-refractivity contribution in [2.75, 3.05) is 12.3 Å². The highest BCUT2D eigenvalue weighted by atomic mass is 16.5. The molecule has 0 heterocycles. The molecule has 0 aromatic heterocycles. The van der Waals surface area contributed by atoms with Crippen LogP contribution in [0.25, 0.3) is 0 Å². The second-order valence-corrected chi connectivity index (χ2v) is 3.06. The third kappa shape index (κ3) is 2.41. The predicted molar refractivity (Wildman–Crippen MR) is 58.4 cm³/mol. The van der Waals surface area contributed by atoms with Gasteiger partial charge in [0.1, 0.15) is 12.4 Å². The van der Waals surface area contributed by atoms with Crippen LogP contribution in [0.15, 0.2) is 12.1 Å². The molecular weight excluding hydrogens is 192 g/mol. The third-order valence-corrected chi connectivity index (χ3v) is 1.94.